The number of nitrogens with one attached hydrogen (secondary N) is 1. The Balaban J connectivity index is 1.80. The number of carbonyl (C=O) groups excluding carboxylic acids is 1. The average molecular weight is 471 g/mol. The van der Waals surface area contributed by atoms with Crippen molar-refractivity contribution in [3.8, 4) is 0 Å². The predicted molar refractivity (Wildman–Crippen MR) is 117 cm³/mol. The van der Waals surface area contributed by atoms with Crippen LogP contribution in [0.3, 0.4) is 0 Å². The van der Waals surface area contributed by atoms with Gasteiger partial charge in [-0.1, -0.05) is 47.0 Å². The number of halogens is 2. The second-order valence-electron chi connectivity index (χ2n) is 7.27. The number of aryl methyl sites for hydroxylation is 1. The molecule has 2 aromatic carbocycles. The minimum absolute atomic E-state index is 0.0134. The highest BCUT2D eigenvalue weighted by Crippen LogP contribution is 2.25. The Morgan fingerprint density at radius 3 is 2.53 bits per heavy atom. The van der Waals surface area contributed by atoms with Crippen LogP contribution in [0.2, 0.25) is 10.0 Å². The zero-order chi connectivity index (χ0) is 21.7. The van der Waals surface area contributed by atoms with Crippen LogP contribution in [0.5, 0.6) is 0 Å². The second kappa shape index (κ2) is 10.1. The van der Waals surface area contributed by atoms with Crippen LogP contribution in [0, 0.1) is 6.92 Å². The quantitative estimate of drug-likeness (QED) is 0.636. The molecule has 1 aliphatic rings. The van der Waals surface area contributed by atoms with E-state index in [1.807, 2.05) is 6.92 Å². The Hall–Kier alpha value is -1.64. The fourth-order valence-corrected chi connectivity index (χ4v) is 4.88. The molecule has 30 heavy (non-hydrogen) atoms. The van der Waals surface area contributed by atoms with Crippen molar-refractivity contribution < 1.29 is 17.9 Å². The van der Waals surface area contributed by atoms with E-state index in [2.05, 4.69) is 5.32 Å². The van der Waals surface area contributed by atoms with E-state index in [1.165, 1.54) is 12.1 Å². The molecule has 6 nitrogen and oxygen atoms in total. The third-order valence-electron chi connectivity index (χ3n) is 4.87. The first-order chi connectivity index (χ1) is 14.3. The number of hydrogen-bond acceptors (Lipinski definition) is 4. The van der Waals surface area contributed by atoms with Gasteiger partial charge in [-0.25, -0.2) is 8.42 Å². The molecule has 9 heteroatoms. The minimum atomic E-state index is -3.91. The van der Waals surface area contributed by atoms with Crippen molar-refractivity contribution in [1.29, 1.82) is 0 Å². The summed E-state index contributed by atoms with van der Waals surface area (Å²) in [5.74, 6) is -0.388. The summed E-state index contributed by atoms with van der Waals surface area (Å²) < 4.78 is 33.2. The van der Waals surface area contributed by atoms with Crippen molar-refractivity contribution in [3.05, 3.63) is 63.6 Å². The van der Waals surface area contributed by atoms with Gasteiger partial charge in [-0.15, -0.1) is 0 Å². The molecule has 1 N–H and O–H groups in total. The van der Waals surface area contributed by atoms with Crippen LogP contribution in [-0.2, 0) is 26.1 Å². The summed E-state index contributed by atoms with van der Waals surface area (Å²) in [6, 6.07) is 11.4. The third kappa shape index (κ3) is 5.95. The highest BCUT2D eigenvalue weighted by atomic mass is 35.5. The molecule has 2 aromatic rings. The lowest BCUT2D eigenvalue weighted by Gasteiger charge is -2.23. The van der Waals surface area contributed by atoms with Gasteiger partial charge in [-0.2, -0.15) is 4.31 Å². The summed E-state index contributed by atoms with van der Waals surface area (Å²) in [7, 11) is -3.91. The smallest absolute Gasteiger partial charge is 0.243 e. The van der Waals surface area contributed by atoms with Gasteiger partial charge in [0.1, 0.15) is 0 Å². The molecular weight excluding hydrogens is 447 g/mol. The number of rotatable bonds is 8. The third-order valence-corrected chi connectivity index (χ3v) is 7.42. The molecule has 1 saturated heterocycles. The first-order valence-electron chi connectivity index (χ1n) is 9.65. The summed E-state index contributed by atoms with van der Waals surface area (Å²) in [5, 5.41) is 3.48. The molecule has 0 spiro atoms. The molecule has 3 rings (SSSR count). The second-order valence-corrected chi connectivity index (χ2v) is 10.0. The van der Waals surface area contributed by atoms with E-state index in [1.54, 1.807) is 30.3 Å². The molecule has 1 aliphatic heterocycles. The molecule has 0 aliphatic carbocycles. The highest BCUT2D eigenvalue weighted by Gasteiger charge is 2.27. The average Bonchev–Trinajstić information content (AvgIpc) is 3.23. The maximum atomic E-state index is 13.3. The molecule has 1 amide bonds. The van der Waals surface area contributed by atoms with Gasteiger partial charge in [0.25, 0.3) is 0 Å². The Morgan fingerprint density at radius 2 is 1.90 bits per heavy atom. The van der Waals surface area contributed by atoms with Gasteiger partial charge in [0.05, 0.1) is 27.6 Å². The molecule has 0 bridgehead atoms. The zero-order valence-corrected chi connectivity index (χ0v) is 18.9. The summed E-state index contributed by atoms with van der Waals surface area (Å²) in [4.78, 5) is 12.7. The van der Waals surface area contributed by atoms with E-state index in [0.29, 0.717) is 28.8 Å². The van der Waals surface area contributed by atoms with E-state index in [0.717, 1.165) is 22.7 Å². The van der Waals surface area contributed by atoms with Crippen molar-refractivity contribution >= 4 is 39.1 Å². The summed E-state index contributed by atoms with van der Waals surface area (Å²) in [6.45, 7) is 2.60. The topological polar surface area (TPSA) is 75.7 Å². The van der Waals surface area contributed by atoms with Gasteiger partial charge in [-0.3, -0.25) is 4.79 Å². The molecule has 1 fully saturated rings. The molecule has 1 atom stereocenters. The lowest BCUT2D eigenvalue weighted by Crippen LogP contribution is -2.42. The van der Waals surface area contributed by atoms with Crippen LogP contribution < -0.4 is 5.32 Å². The molecule has 0 radical (unpaired) electrons. The highest BCUT2D eigenvalue weighted by molar-refractivity contribution is 7.89. The molecule has 1 heterocycles. The van der Waals surface area contributed by atoms with Crippen LogP contribution in [0.25, 0.3) is 0 Å². The summed E-state index contributed by atoms with van der Waals surface area (Å²) in [6.07, 6.45) is 1.83. The van der Waals surface area contributed by atoms with Crippen molar-refractivity contribution in [2.75, 3.05) is 19.7 Å². The normalized spacial score (nSPS) is 16.7. The number of nitrogens with zero attached hydrogens (tertiary/aromatic N) is 1. The Morgan fingerprint density at radius 1 is 1.17 bits per heavy atom. The van der Waals surface area contributed by atoms with Crippen LogP contribution in [0.4, 0.5) is 0 Å². The van der Waals surface area contributed by atoms with Crippen LogP contribution in [0.15, 0.2) is 47.4 Å². The largest absolute Gasteiger partial charge is 0.376 e. The van der Waals surface area contributed by atoms with Crippen LogP contribution in [-0.4, -0.2) is 44.4 Å². The number of sulfonamides is 1. The first kappa shape index (κ1) is 23.0. The number of amides is 1. The van der Waals surface area contributed by atoms with Gasteiger partial charge < -0.3 is 10.1 Å². The maximum Gasteiger partial charge on any atom is 0.243 e. The SMILES string of the molecule is Cc1ccc(S(=O)(=O)N(CC(=O)NC[C@H]2CCCO2)Cc2ccc(Cl)c(Cl)c2)cc1. The van der Waals surface area contributed by atoms with Crippen molar-refractivity contribution in [1.82, 2.24) is 9.62 Å². The lowest BCUT2D eigenvalue weighted by molar-refractivity contribution is -0.121. The van der Waals surface area contributed by atoms with Gasteiger partial charge in [-0.05, 0) is 49.6 Å². The lowest BCUT2D eigenvalue weighted by atomic mass is 10.2. The van der Waals surface area contributed by atoms with Gasteiger partial charge >= 0.3 is 0 Å². The summed E-state index contributed by atoms with van der Waals surface area (Å²) >= 11 is 12.0. The maximum absolute atomic E-state index is 13.3. The van der Waals surface area contributed by atoms with E-state index >= 15 is 0 Å². The van der Waals surface area contributed by atoms with Crippen LogP contribution >= 0.6 is 23.2 Å². The minimum Gasteiger partial charge on any atom is -0.376 e. The Kier molecular flexibility index (Phi) is 7.76. The number of hydrogen-bond donors (Lipinski definition) is 1. The molecule has 0 aromatic heterocycles. The fourth-order valence-electron chi connectivity index (χ4n) is 3.18. The molecular formula is C21H24Cl2N2O4S. The zero-order valence-electron chi connectivity index (χ0n) is 16.6. The van der Waals surface area contributed by atoms with Crippen molar-refractivity contribution in [3.63, 3.8) is 0 Å². The number of carbonyl (C=O) groups is 1. The van der Waals surface area contributed by atoms with E-state index in [4.69, 9.17) is 27.9 Å². The number of ether oxygens (including phenoxy) is 1. The van der Waals surface area contributed by atoms with Gasteiger partial charge in [0, 0.05) is 19.7 Å². The predicted octanol–water partition coefficient (Wildman–Crippen LogP) is 3.79. The Labute approximate surface area is 187 Å². The van der Waals surface area contributed by atoms with Crippen molar-refractivity contribution in [2.45, 2.75) is 37.3 Å². The molecule has 162 valence electrons. The summed E-state index contributed by atoms with van der Waals surface area (Å²) in [5.41, 5.74) is 1.58. The van der Waals surface area contributed by atoms with Gasteiger partial charge in [0.15, 0.2) is 0 Å². The van der Waals surface area contributed by atoms with Crippen molar-refractivity contribution in [2.24, 2.45) is 0 Å². The van der Waals surface area contributed by atoms with Gasteiger partial charge in [0.2, 0.25) is 15.9 Å². The first-order valence-corrected chi connectivity index (χ1v) is 11.8. The number of benzene rings is 2. The standard InChI is InChI=1S/C21H24Cl2N2O4S/c1-15-4-7-18(8-5-15)30(27,28)25(13-16-6-9-19(22)20(23)11-16)14-21(26)24-12-17-3-2-10-29-17/h4-9,11,17H,2-3,10,12-14H2,1H3,(H,24,26)/t17-/m1/s1. The van der Waals surface area contributed by atoms with E-state index < -0.39 is 10.0 Å². The van der Waals surface area contributed by atoms with E-state index in [-0.39, 0.29) is 30.0 Å². The Bertz CT molecular complexity index is 991. The monoisotopic (exact) mass is 470 g/mol. The van der Waals surface area contributed by atoms with E-state index in [9.17, 15) is 13.2 Å². The van der Waals surface area contributed by atoms with Crippen LogP contribution in [0.1, 0.15) is 24.0 Å². The fraction of sp³-hybridized carbons (Fsp3) is 0.381. The molecule has 0 unspecified atom stereocenters. The molecule has 0 saturated carbocycles.